The molecule has 0 aliphatic carbocycles. The van der Waals surface area contributed by atoms with E-state index in [4.69, 9.17) is 0 Å². The van der Waals surface area contributed by atoms with Gasteiger partial charge in [-0.3, -0.25) is 9.48 Å². The van der Waals surface area contributed by atoms with E-state index < -0.39 is 17.4 Å². The Morgan fingerprint density at radius 1 is 1.44 bits per heavy atom. The maximum atomic E-state index is 12.1. The Bertz CT molecular complexity index is 461. The van der Waals surface area contributed by atoms with Crippen molar-refractivity contribution >= 4 is 11.9 Å². The van der Waals surface area contributed by atoms with Gasteiger partial charge in [0.15, 0.2) is 0 Å². The highest BCUT2D eigenvalue weighted by molar-refractivity contribution is 5.98. The standard InChI is InChI=1S/C12H19N3O3/c1-5-12(6-2,11(17)18)13-10(16)9-7-15(4)14-8(9)3/h7H,5-6H2,1-4H3,(H,13,16)(H,17,18). The van der Waals surface area contributed by atoms with Crippen LogP contribution in [0.2, 0.25) is 0 Å². The fraction of sp³-hybridized carbons (Fsp3) is 0.583. The molecule has 1 rings (SSSR count). The number of nitrogens with one attached hydrogen (secondary N) is 1. The van der Waals surface area contributed by atoms with E-state index in [0.717, 1.165) is 0 Å². The van der Waals surface area contributed by atoms with Gasteiger partial charge in [0.2, 0.25) is 0 Å². The van der Waals surface area contributed by atoms with Crippen molar-refractivity contribution < 1.29 is 14.7 Å². The van der Waals surface area contributed by atoms with E-state index in [2.05, 4.69) is 10.4 Å². The Hall–Kier alpha value is -1.85. The number of hydrogen-bond donors (Lipinski definition) is 2. The van der Waals surface area contributed by atoms with Crippen molar-refractivity contribution in [1.82, 2.24) is 15.1 Å². The third-order valence-electron chi connectivity index (χ3n) is 3.23. The van der Waals surface area contributed by atoms with E-state index in [0.29, 0.717) is 24.1 Å². The number of aryl methyl sites for hydroxylation is 2. The minimum absolute atomic E-state index is 0.337. The first-order valence-corrected chi connectivity index (χ1v) is 5.92. The van der Waals surface area contributed by atoms with Crippen molar-refractivity contribution in [3.05, 3.63) is 17.5 Å². The molecule has 0 unspecified atom stereocenters. The molecule has 0 bridgehead atoms. The summed E-state index contributed by atoms with van der Waals surface area (Å²) >= 11 is 0. The Morgan fingerprint density at radius 3 is 2.33 bits per heavy atom. The summed E-state index contributed by atoms with van der Waals surface area (Å²) in [5, 5.41) is 15.9. The van der Waals surface area contributed by atoms with Crippen molar-refractivity contribution in [2.24, 2.45) is 7.05 Å². The molecule has 0 spiro atoms. The number of carbonyl (C=O) groups is 2. The molecule has 0 aliphatic rings. The van der Waals surface area contributed by atoms with Crippen molar-refractivity contribution in [2.75, 3.05) is 0 Å². The van der Waals surface area contributed by atoms with Crippen LogP contribution in [0.25, 0.3) is 0 Å². The van der Waals surface area contributed by atoms with E-state index >= 15 is 0 Å². The van der Waals surface area contributed by atoms with E-state index in [1.165, 1.54) is 4.68 Å². The summed E-state index contributed by atoms with van der Waals surface area (Å²) in [6.07, 6.45) is 2.26. The minimum Gasteiger partial charge on any atom is -0.480 e. The minimum atomic E-state index is -1.21. The topological polar surface area (TPSA) is 84.2 Å². The van der Waals surface area contributed by atoms with Crippen LogP contribution in [0.15, 0.2) is 6.20 Å². The van der Waals surface area contributed by atoms with Gasteiger partial charge in [-0.1, -0.05) is 13.8 Å². The third kappa shape index (κ3) is 2.52. The van der Waals surface area contributed by atoms with Gasteiger partial charge in [0.05, 0.1) is 11.3 Å². The molecule has 0 saturated carbocycles. The van der Waals surface area contributed by atoms with Gasteiger partial charge < -0.3 is 10.4 Å². The van der Waals surface area contributed by atoms with Crippen LogP contribution >= 0.6 is 0 Å². The molecule has 1 amide bonds. The molecule has 18 heavy (non-hydrogen) atoms. The van der Waals surface area contributed by atoms with Crippen molar-refractivity contribution in [1.29, 1.82) is 0 Å². The summed E-state index contributed by atoms with van der Waals surface area (Å²) in [6.45, 7) is 5.21. The normalized spacial score (nSPS) is 11.3. The van der Waals surface area contributed by atoms with Crippen LogP contribution in [0, 0.1) is 6.92 Å². The smallest absolute Gasteiger partial charge is 0.329 e. The first kappa shape index (κ1) is 14.2. The van der Waals surface area contributed by atoms with Gasteiger partial charge in [-0.05, 0) is 19.8 Å². The zero-order chi connectivity index (χ0) is 13.9. The number of rotatable bonds is 5. The van der Waals surface area contributed by atoms with Gasteiger partial charge >= 0.3 is 5.97 Å². The largest absolute Gasteiger partial charge is 0.480 e. The second-order valence-electron chi connectivity index (χ2n) is 4.35. The van der Waals surface area contributed by atoms with Crippen LogP contribution in [0.3, 0.4) is 0 Å². The highest BCUT2D eigenvalue weighted by atomic mass is 16.4. The third-order valence-corrected chi connectivity index (χ3v) is 3.23. The molecule has 1 heterocycles. The van der Waals surface area contributed by atoms with E-state index in [-0.39, 0.29) is 0 Å². The summed E-state index contributed by atoms with van der Waals surface area (Å²) in [7, 11) is 1.72. The van der Waals surface area contributed by atoms with Crippen molar-refractivity contribution in [3.63, 3.8) is 0 Å². The quantitative estimate of drug-likeness (QED) is 0.823. The monoisotopic (exact) mass is 253 g/mol. The maximum absolute atomic E-state index is 12.1. The fourth-order valence-corrected chi connectivity index (χ4v) is 1.89. The molecule has 0 fully saturated rings. The molecule has 0 saturated heterocycles. The van der Waals surface area contributed by atoms with Crippen LogP contribution < -0.4 is 5.32 Å². The van der Waals surface area contributed by atoms with Gasteiger partial charge in [-0.2, -0.15) is 5.10 Å². The first-order valence-electron chi connectivity index (χ1n) is 5.92. The molecule has 100 valence electrons. The Labute approximate surface area is 106 Å². The molecular weight excluding hydrogens is 234 g/mol. The SMILES string of the molecule is CCC(CC)(NC(=O)c1cn(C)nc1C)C(=O)O. The number of carboxylic acids is 1. The van der Waals surface area contributed by atoms with Crippen molar-refractivity contribution in [3.8, 4) is 0 Å². The highest BCUT2D eigenvalue weighted by Gasteiger charge is 2.37. The number of nitrogens with zero attached hydrogens (tertiary/aromatic N) is 2. The van der Waals surface area contributed by atoms with Gasteiger partial charge in [0.1, 0.15) is 5.54 Å². The van der Waals surface area contributed by atoms with Crippen molar-refractivity contribution in [2.45, 2.75) is 39.2 Å². The summed E-state index contributed by atoms with van der Waals surface area (Å²) in [5.74, 6) is -1.41. The molecule has 2 N–H and O–H groups in total. The predicted octanol–water partition coefficient (Wildman–Crippen LogP) is 1.10. The lowest BCUT2D eigenvalue weighted by Gasteiger charge is -2.27. The average molecular weight is 253 g/mol. The van der Waals surface area contributed by atoms with E-state index in [9.17, 15) is 14.7 Å². The van der Waals surface area contributed by atoms with Gasteiger partial charge in [0, 0.05) is 13.2 Å². The lowest BCUT2D eigenvalue weighted by molar-refractivity contribution is -0.144. The molecule has 0 aromatic carbocycles. The Kier molecular flexibility index (Phi) is 4.11. The number of carbonyl (C=O) groups excluding carboxylic acids is 1. The van der Waals surface area contributed by atoms with Gasteiger partial charge in [-0.15, -0.1) is 0 Å². The molecule has 6 nitrogen and oxygen atoms in total. The molecule has 0 atom stereocenters. The van der Waals surface area contributed by atoms with Gasteiger partial charge in [-0.25, -0.2) is 4.79 Å². The second-order valence-corrected chi connectivity index (χ2v) is 4.35. The molecule has 1 aromatic heterocycles. The zero-order valence-electron chi connectivity index (χ0n) is 11.1. The Morgan fingerprint density at radius 2 is 2.00 bits per heavy atom. The van der Waals surface area contributed by atoms with E-state index in [1.807, 2.05) is 0 Å². The number of aromatic nitrogens is 2. The second kappa shape index (κ2) is 5.20. The summed E-state index contributed by atoms with van der Waals surface area (Å²) in [6, 6.07) is 0. The van der Waals surface area contributed by atoms with E-state index in [1.54, 1.807) is 34.0 Å². The molecule has 0 radical (unpaired) electrons. The summed E-state index contributed by atoms with van der Waals surface area (Å²) in [4.78, 5) is 23.4. The van der Waals surface area contributed by atoms with Crippen LogP contribution in [0.1, 0.15) is 42.7 Å². The first-order chi connectivity index (χ1) is 8.36. The van der Waals surface area contributed by atoms with Gasteiger partial charge in [0.25, 0.3) is 5.91 Å². The van der Waals surface area contributed by atoms with Crippen LogP contribution in [0.4, 0.5) is 0 Å². The zero-order valence-corrected chi connectivity index (χ0v) is 11.1. The molecule has 0 aliphatic heterocycles. The number of amides is 1. The summed E-state index contributed by atoms with van der Waals surface area (Å²) in [5.41, 5.74) is -0.217. The van der Waals surface area contributed by atoms with Crippen LogP contribution in [-0.2, 0) is 11.8 Å². The molecule has 1 aromatic rings. The lowest BCUT2D eigenvalue weighted by Crippen LogP contribution is -2.53. The summed E-state index contributed by atoms with van der Waals surface area (Å²) < 4.78 is 1.53. The highest BCUT2D eigenvalue weighted by Crippen LogP contribution is 2.17. The van der Waals surface area contributed by atoms with Crippen LogP contribution in [-0.4, -0.2) is 32.3 Å². The average Bonchev–Trinajstić information content (AvgIpc) is 2.65. The lowest BCUT2D eigenvalue weighted by atomic mass is 9.92. The van der Waals surface area contributed by atoms with Crippen LogP contribution in [0.5, 0.6) is 0 Å². The number of aliphatic carboxylic acids is 1. The Balaban J connectivity index is 2.99. The fourth-order valence-electron chi connectivity index (χ4n) is 1.89. The molecular formula is C12H19N3O3. The number of carboxylic acid groups (broad SMARTS) is 1. The number of hydrogen-bond acceptors (Lipinski definition) is 3. The maximum Gasteiger partial charge on any atom is 0.329 e. The predicted molar refractivity (Wildman–Crippen MR) is 66.4 cm³/mol. The molecule has 6 heteroatoms.